The summed E-state index contributed by atoms with van der Waals surface area (Å²) in [4.78, 5) is 10.6. The van der Waals surface area contributed by atoms with Gasteiger partial charge in [0.05, 0.1) is 6.61 Å². The number of rotatable bonds is 6. The average molecular weight is 278 g/mol. The van der Waals surface area contributed by atoms with Gasteiger partial charge in [-0.05, 0) is 36.5 Å². The molecule has 4 N–H and O–H groups in total. The summed E-state index contributed by atoms with van der Waals surface area (Å²) in [6.45, 7) is 5.25. The minimum atomic E-state index is -0.460. The van der Waals surface area contributed by atoms with Crippen molar-refractivity contribution in [3.05, 3.63) is 28.8 Å². The first-order valence-corrected chi connectivity index (χ1v) is 6.92. The van der Waals surface area contributed by atoms with Gasteiger partial charge in [-0.1, -0.05) is 13.0 Å². The maximum Gasteiger partial charge on any atom is 0.243 e. The Balaban J connectivity index is 1.96. The summed E-state index contributed by atoms with van der Waals surface area (Å²) in [6.07, 6.45) is 0.962. The van der Waals surface area contributed by atoms with Crippen molar-refractivity contribution in [3.63, 3.8) is 0 Å². The summed E-state index contributed by atoms with van der Waals surface area (Å²) in [5, 5.41) is 13.5. The van der Waals surface area contributed by atoms with E-state index < -0.39 is 5.91 Å². The Morgan fingerprint density at radius 3 is 2.95 bits per heavy atom. The minimum absolute atomic E-state index is 0.0519. The van der Waals surface area contributed by atoms with Gasteiger partial charge in [0.25, 0.3) is 0 Å². The fourth-order valence-corrected chi connectivity index (χ4v) is 3.01. The molecule has 0 saturated carbocycles. The number of amides is 1. The van der Waals surface area contributed by atoms with Crippen LogP contribution in [0.15, 0.2) is 12.1 Å². The average Bonchev–Trinajstić information content (AvgIpc) is 2.71. The first-order valence-electron chi connectivity index (χ1n) is 6.92. The van der Waals surface area contributed by atoms with Crippen LogP contribution >= 0.6 is 0 Å². The zero-order chi connectivity index (χ0) is 14.7. The Kier molecular flexibility index (Phi) is 4.62. The number of aryl methyl sites for hydroxylation is 1. The molecule has 0 spiro atoms. The highest BCUT2D eigenvalue weighted by molar-refractivity contribution is 5.74. The predicted molar refractivity (Wildman–Crippen MR) is 76.6 cm³/mol. The summed E-state index contributed by atoms with van der Waals surface area (Å²) in [5.41, 5.74) is 8.48. The van der Waals surface area contributed by atoms with Crippen molar-refractivity contribution >= 4 is 5.91 Å². The highest BCUT2D eigenvalue weighted by Gasteiger charge is 2.31. The predicted octanol–water partition coefficient (Wildman–Crippen LogP) is 1.34. The van der Waals surface area contributed by atoms with Crippen molar-refractivity contribution in [1.82, 2.24) is 5.32 Å². The van der Waals surface area contributed by atoms with Crippen LogP contribution in [0.3, 0.4) is 0 Å². The fourth-order valence-electron chi connectivity index (χ4n) is 3.01. The molecule has 5 heteroatoms. The number of phenols is 1. The maximum atomic E-state index is 10.6. The molecule has 0 aromatic heterocycles. The quantitative estimate of drug-likeness (QED) is 0.686. The molecule has 5 nitrogen and oxygen atoms in total. The van der Waals surface area contributed by atoms with Crippen LogP contribution in [0.25, 0.3) is 0 Å². The monoisotopic (exact) mass is 278 g/mol. The lowest BCUT2D eigenvalue weighted by atomic mass is 9.97. The molecule has 1 aromatic carbocycles. The third-order valence-corrected chi connectivity index (χ3v) is 3.79. The molecule has 2 unspecified atom stereocenters. The van der Waals surface area contributed by atoms with Crippen molar-refractivity contribution < 1.29 is 14.6 Å². The smallest absolute Gasteiger partial charge is 0.243 e. The Labute approximate surface area is 119 Å². The number of benzene rings is 1. The number of carbonyl (C=O) groups is 1. The number of nitrogens with one attached hydrogen (secondary N) is 1. The normalized spacial score (nSPS) is 20.9. The van der Waals surface area contributed by atoms with Gasteiger partial charge in [0.15, 0.2) is 0 Å². The highest BCUT2D eigenvalue weighted by atomic mass is 16.5. The van der Waals surface area contributed by atoms with Crippen LogP contribution in [0.1, 0.15) is 42.0 Å². The number of hydrogen-bond acceptors (Lipinski definition) is 4. The molecule has 0 heterocycles. The van der Waals surface area contributed by atoms with E-state index in [9.17, 15) is 9.90 Å². The van der Waals surface area contributed by atoms with E-state index in [0.29, 0.717) is 24.8 Å². The van der Waals surface area contributed by atoms with Gasteiger partial charge in [-0.15, -0.1) is 0 Å². The van der Waals surface area contributed by atoms with Gasteiger partial charge < -0.3 is 20.9 Å². The van der Waals surface area contributed by atoms with E-state index in [-0.39, 0.29) is 12.6 Å². The molecule has 110 valence electrons. The van der Waals surface area contributed by atoms with Gasteiger partial charge >= 0.3 is 0 Å². The van der Waals surface area contributed by atoms with Gasteiger partial charge in [0.2, 0.25) is 5.91 Å². The molecule has 1 aliphatic carbocycles. The van der Waals surface area contributed by atoms with Crippen molar-refractivity contribution in [2.24, 2.45) is 5.73 Å². The molecular weight excluding hydrogens is 256 g/mol. The number of ether oxygens (including phenoxy) is 1. The van der Waals surface area contributed by atoms with Crippen LogP contribution < -0.4 is 11.1 Å². The molecule has 0 aliphatic heterocycles. The summed E-state index contributed by atoms with van der Waals surface area (Å²) >= 11 is 0. The molecule has 1 aliphatic rings. The van der Waals surface area contributed by atoms with E-state index in [4.69, 9.17) is 10.5 Å². The number of fused-ring (bicyclic) bond motifs is 1. The Bertz CT molecular complexity index is 502. The van der Waals surface area contributed by atoms with E-state index in [0.717, 1.165) is 12.0 Å². The third kappa shape index (κ3) is 3.11. The molecular formula is C15H22N2O3. The van der Waals surface area contributed by atoms with E-state index in [1.165, 1.54) is 11.1 Å². The number of hydrogen-bond donors (Lipinski definition) is 3. The summed E-state index contributed by atoms with van der Waals surface area (Å²) in [5.74, 6) is 0.324. The van der Waals surface area contributed by atoms with Gasteiger partial charge in [-0.3, -0.25) is 4.79 Å². The molecule has 2 atom stereocenters. The summed E-state index contributed by atoms with van der Waals surface area (Å²) in [7, 11) is 0. The third-order valence-electron chi connectivity index (χ3n) is 3.79. The molecule has 2 rings (SSSR count). The van der Waals surface area contributed by atoms with Crippen molar-refractivity contribution in [2.75, 3.05) is 19.8 Å². The van der Waals surface area contributed by atoms with E-state index >= 15 is 0 Å². The molecule has 0 fully saturated rings. The fraction of sp³-hybridized carbons (Fsp3) is 0.533. The second-order valence-electron chi connectivity index (χ2n) is 5.39. The number of primary amides is 1. The standard InChI is InChI=1S/C15H22N2O3/c1-9-3-4-12(18)15-11(7-10(2)14(9)15)17-5-6-20-8-13(16)19/h3-4,10-11,17-18H,5-8H2,1-2H3,(H2,16,19). The first-order chi connectivity index (χ1) is 9.50. The molecule has 0 radical (unpaired) electrons. The van der Waals surface area contributed by atoms with E-state index in [1.807, 2.05) is 6.07 Å². The van der Waals surface area contributed by atoms with Crippen molar-refractivity contribution in [2.45, 2.75) is 32.2 Å². The molecule has 20 heavy (non-hydrogen) atoms. The van der Waals surface area contributed by atoms with Crippen molar-refractivity contribution in [1.29, 1.82) is 0 Å². The number of nitrogens with two attached hydrogens (primary N) is 1. The molecule has 1 aromatic rings. The minimum Gasteiger partial charge on any atom is -0.508 e. The molecule has 1 amide bonds. The lowest BCUT2D eigenvalue weighted by Crippen LogP contribution is -2.26. The van der Waals surface area contributed by atoms with Crippen molar-refractivity contribution in [3.8, 4) is 5.75 Å². The van der Waals surface area contributed by atoms with Crippen LogP contribution in [0, 0.1) is 6.92 Å². The van der Waals surface area contributed by atoms with Gasteiger partial charge in [0, 0.05) is 18.2 Å². The van der Waals surface area contributed by atoms with Crippen LogP contribution in [0.5, 0.6) is 5.75 Å². The second-order valence-corrected chi connectivity index (χ2v) is 5.39. The largest absolute Gasteiger partial charge is 0.508 e. The Morgan fingerprint density at radius 2 is 2.25 bits per heavy atom. The van der Waals surface area contributed by atoms with Crippen LogP contribution in [0.2, 0.25) is 0 Å². The molecule has 0 saturated heterocycles. The Morgan fingerprint density at radius 1 is 1.50 bits per heavy atom. The summed E-state index contributed by atoms with van der Waals surface area (Å²) in [6, 6.07) is 3.85. The lowest BCUT2D eigenvalue weighted by molar-refractivity contribution is -0.122. The number of carbonyl (C=O) groups excluding carboxylic acids is 1. The first kappa shape index (κ1) is 14.8. The van der Waals surface area contributed by atoms with Crippen LogP contribution in [-0.4, -0.2) is 30.8 Å². The van der Waals surface area contributed by atoms with Gasteiger partial charge in [-0.25, -0.2) is 0 Å². The zero-order valence-corrected chi connectivity index (χ0v) is 12.0. The molecule has 0 bridgehead atoms. The maximum absolute atomic E-state index is 10.6. The SMILES string of the molecule is Cc1ccc(O)c2c1C(C)CC2NCCOCC(N)=O. The topological polar surface area (TPSA) is 84.6 Å². The van der Waals surface area contributed by atoms with Crippen LogP contribution in [-0.2, 0) is 9.53 Å². The Hall–Kier alpha value is -1.59. The van der Waals surface area contributed by atoms with Gasteiger partial charge in [-0.2, -0.15) is 0 Å². The van der Waals surface area contributed by atoms with Gasteiger partial charge in [0.1, 0.15) is 12.4 Å². The van der Waals surface area contributed by atoms with E-state index in [1.54, 1.807) is 6.07 Å². The highest BCUT2D eigenvalue weighted by Crippen LogP contribution is 2.45. The number of aromatic hydroxyl groups is 1. The zero-order valence-electron chi connectivity index (χ0n) is 12.0. The van der Waals surface area contributed by atoms with E-state index in [2.05, 4.69) is 19.2 Å². The summed E-state index contributed by atoms with van der Waals surface area (Å²) < 4.78 is 5.12. The van der Waals surface area contributed by atoms with Crippen LogP contribution in [0.4, 0.5) is 0 Å². The second kappa shape index (κ2) is 6.24. The lowest BCUT2D eigenvalue weighted by Gasteiger charge is -2.15. The number of phenolic OH excluding ortho intramolecular Hbond substituents is 1.